The average Bonchev–Trinajstić information content (AvgIpc) is 2.52. The van der Waals surface area contributed by atoms with Gasteiger partial charge in [-0.05, 0) is 22.9 Å². The van der Waals surface area contributed by atoms with Gasteiger partial charge in [0.1, 0.15) is 5.75 Å². The van der Waals surface area contributed by atoms with Gasteiger partial charge in [-0.15, -0.1) is 11.3 Å². The second-order valence-electron chi connectivity index (χ2n) is 2.83. The maximum absolute atomic E-state index is 11.4. The normalized spacial score (nSPS) is 9.94. The van der Waals surface area contributed by atoms with Crippen LogP contribution in [0.2, 0.25) is 0 Å². The zero-order chi connectivity index (χ0) is 12.3. The van der Waals surface area contributed by atoms with Crippen molar-refractivity contribution in [2.45, 2.75) is 6.92 Å². The molecule has 7 heteroatoms. The molecule has 0 atom stereocenters. The Bertz CT molecular complexity index is 426. The molecule has 16 heavy (non-hydrogen) atoms. The third-order valence-electron chi connectivity index (χ3n) is 1.74. The fraction of sp³-hybridized carbons (Fsp3) is 0.333. The van der Waals surface area contributed by atoms with Crippen LogP contribution in [0.15, 0.2) is 3.79 Å². The van der Waals surface area contributed by atoms with Gasteiger partial charge in [0, 0.05) is 5.56 Å². The molecule has 1 rings (SSSR count). The van der Waals surface area contributed by atoms with E-state index in [1.165, 1.54) is 7.11 Å². The molecule has 0 spiro atoms. The Balaban J connectivity index is 3.04. The fourth-order valence-electron chi connectivity index (χ4n) is 1.01. The Morgan fingerprint density at radius 2 is 2.12 bits per heavy atom. The molecule has 0 fully saturated rings. The number of thiophene rings is 1. The van der Waals surface area contributed by atoms with Crippen molar-refractivity contribution in [3.05, 3.63) is 14.2 Å². The number of ether oxygens (including phenoxy) is 2. The van der Waals surface area contributed by atoms with Crippen molar-refractivity contribution >= 4 is 39.2 Å². The van der Waals surface area contributed by atoms with E-state index in [2.05, 4.69) is 20.7 Å². The first-order valence-corrected chi connectivity index (χ1v) is 5.80. The summed E-state index contributed by atoms with van der Waals surface area (Å²) in [5.74, 6) is -1.39. The number of hydrogen-bond acceptors (Lipinski definition) is 5. The molecular weight excluding hydrogens is 300 g/mol. The van der Waals surface area contributed by atoms with Gasteiger partial charge in [0.25, 0.3) is 0 Å². The van der Waals surface area contributed by atoms with E-state index in [0.29, 0.717) is 9.35 Å². The Hall–Kier alpha value is -1.08. The zero-order valence-electron chi connectivity index (χ0n) is 8.57. The minimum Gasteiger partial charge on any atom is -0.480 e. The first-order chi connectivity index (χ1) is 7.47. The zero-order valence-corrected chi connectivity index (χ0v) is 11.0. The first kappa shape index (κ1) is 13.0. The lowest BCUT2D eigenvalue weighted by Gasteiger charge is -2.04. The molecule has 0 amide bonds. The second kappa shape index (κ2) is 5.31. The number of rotatable bonds is 4. The van der Waals surface area contributed by atoms with Gasteiger partial charge >= 0.3 is 11.9 Å². The largest absolute Gasteiger partial charge is 0.480 e. The topological polar surface area (TPSA) is 72.8 Å². The molecule has 0 aliphatic heterocycles. The molecule has 0 aliphatic carbocycles. The van der Waals surface area contributed by atoms with Crippen LogP contribution in [0, 0.1) is 6.92 Å². The van der Waals surface area contributed by atoms with E-state index in [9.17, 15) is 9.59 Å². The van der Waals surface area contributed by atoms with E-state index in [4.69, 9.17) is 9.84 Å². The lowest BCUT2D eigenvalue weighted by Crippen LogP contribution is -2.11. The monoisotopic (exact) mass is 308 g/mol. The number of esters is 1. The van der Waals surface area contributed by atoms with E-state index in [0.717, 1.165) is 11.3 Å². The highest BCUT2D eigenvalue weighted by atomic mass is 79.9. The number of carboxylic acids is 1. The summed E-state index contributed by atoms with van der Waals surface area (Å²) in [4.78, 5) is 22.0. The van der Waals surface area contributed by atoms with Crippen molar-refractivity contribution in [1.82, 2.24) is 0 Å². The van der Waals surface area contributed by atoms with Gasteiger partial charge in [-0.25, -0.2) is 9.59 Å². The number of carboxylic acid groups (broad SMARTS) is 1. The van der Waals surface area contributed by atoms with Crippen molar-refractivity contribution in [2.24, 2.45) is 0 Å². The average molecular weight is 309 g/mol. The maximum atomic E-state index is 11.4. The summed E-state index contributed by atoms with van der Waals surface area (Å²) >= 11 is 4.40. The molecule has 0 saturated heterocycles. The molecular formula is C9H9BrO5S. The molecule has 1 aromatic rings. The van der Waals surface area contributed by atoms with Crippen LogP contribution in [0.3, 0.4) is 0 Å². The number of hydrogen-bond donors (Lipinski definition) is 1. The lowest BCUT2D eigenvalue weighted by molar-refractivity contribution is -0.139. The lowest BCUT2D eigenvalue weighted by atomic mass is 10.3. The second-order valence-corrected chi connectivity index (χ2v) is 5.17. The van der Waals surface area contributed by atoms with Gasteiger partial charge in [-0.2, -0.15) is 0 Å². The Kier molecular flexibility index (Phi) is 4.31. The summed E-state index contributed by atoms with van der Waals surface area (Å²) in [6, 6.07) is 0. The molecule has 0 aliphatic rings. The fourth-order valence-corrected chi connectivity index (χ4v) is 2.57. The molecule has 1 N–H and O–H groups in total. The number of carbonyl (C=O) groups is 2. The van der Waals surface area contributed by atoms with Gasteiger partial charge in [-0.3, -0.25) is 0 Å². The van der Waals surface area contributed by atoms with Crippen molar-refractivity contribution in [3.63, 3.8) is 0 Å². The maximum Gasteiger partial charge on any atom is 0.351 e. The quantitative estimate of drug-likeness (QED) is 0.862. The van der Waals surface area contributed by atoms with Crippen molar-refractivity contribution in [1.29, 1.82) is 0 Å². The summed E-state index contributed by atoms with van der Waals surface area (Å²) < 4.78 is 10.3. The summed E-state index contributed by atoms with van der Waals surface area (Å²) in [5, 5.41) is 8.51. The standard InChI is InChI=1S/C9H9BrO5S/c1-4-6(15-3-5(11)12)7(9(13)14-2)16-8(4)10/h3H2,1-2H3,(H,11,12). The molecule has 5 nitrogen and oxygen atoms in total. The van der Waals surface area contributed by atoms with E-state index < -0.39 is 18.5 Å². The Morgan fingerprint density at radius 1 is 1.50 bits per heavy atom. The van der Waals surface area contributed by atoms with E-state index in [1.807, 2.05) is 0 Å². The SMILES string of the molecule is COC(=O)c1sc(Br)c(C)c1OCC(=O)O. The van der Waals surface area contributed by atoms with Gasteiger partial charge in [0.15, 0.2) is 11.5 Å². The predicted molar refractivity (Wildman–Crippen MR) is 61.2 cm³/mol. The van der Waals surface area contributed by atoms with E-state index >= 15 is 0 Å². The summed E-state index contributed by atoms with van der Waals surface area (Å²) in [6.07, 6.45) is 0. The Labute approximate surface area is 104 Å². The van der Waals surface area contributed by atoms with Crippen LogP contribution in [0.1, 0.15) is 15.2 Å². The van der Waals surface area contributed by atoms with Crippen LogP contribution >= 0.6 is 27.3 Å². The van der Waals surface area contributed by atoms with Crippen LogP contribution in [0.5, 0.6) is 5.75 Å². The van der Waals surface area contributed by atoms with Crippen LogP contribution in [0.25, 0.3) is 0 Å². The highest BCUT2D eigenvalue weighted by molar-refractivity contribution is 9.11. The molecule has 1 heterocycles. The predicted octanol–water partition coefficient (Wildman–Crippen LogP) is 2.07. The van der Waals surface area contributed by atoms with Gasteiger partial charge < -0.3 is 14.6 Å². The van der Waals surface area contributed by atoms with Crippen LogP contribution in [-0.2, 0) is 9.53 Å². The number of carbonyl (C=O) groups excluding carboxylic acids is 1. The van der Waals surface area contributed by atoms with Gasteiger partial charge in [-0.1, -0.05) is 0 Å². The summed E-state index contributed by atoms with van der Waals surface area (Å²) in [6.45, 7) is 1.23. The highest BCUT2D eigenvalue weighted by Crippen LogP contribution is 2.38. The van der Waals surface area contributed by atoms with E-state index in [-0.39, 0.29) is 10.6 Å². The van der Waals surface area contributed by atoms with Crippen LogP contribution in [-0.4, -0.2) is 30.8 Å². The molecule has 0 aromatic carbocycles. The Morgan fingerprint density at radius 3 is 2.62 bits per heavy atom. The van der Waals surface area contributed by atoms with Gasteiger partial charge in [0.05, 0.1) is 10.9 Å². The smallest absolute Gasteiger partial charge is 0.351 e. The third-order valence-corrected chi connectivity index (χ3v) is 3.87. The number of aliphatic carboxylic acids is 1. The molecule has 0 radical (unpaired) electrons. The molecule has 0 unspecified atom stereocenters. The van der Waals surface area contributed by atoms with Crippen molar-refractivity contribution in [3.8, 4) is 5.75 Å². The summed E-state index contributed by atoms with van der Waals surface area (Å²) in [5.41, 5.74) is 0.687. The van der Waals surface area contributed by atoms with Gasteiger partial charge in [0.2, 0.25) is 0 Å². The molecule has 0 bridgehead atoms. The van der Waals surface area contributed by atoms with Crippen molar-refractivity contribution < 1.29 is 24.2 Å². The number of halogens is 1. The first-order valence-electron chi connectivity index (χ1n) is 4.19. The van der Waals surface area contributed by atoms with Crippen LogP contribution in [0.4, 0.5) is 0 Å². The molecule has 0 saturated carbocycles. The minimum atomic E-state index is -1.10. The van der Waals surface area contributed by atoms with E-state index in [1.54, 1.807) is 6.92 Å². The summed E-state index contributed by atoms with van der Waals surface area (Å²) in [7, 11) is 1.26. The van der Waals surface area contributed by atoms with Crippen LogP contribution < -0.4 is 4.74 Å². The molecule has 1 aromatic heterocycles. The minimum absolute atomic E-state index is 0.256. The highest BCUT2D eigenvalue weighted by Gasteiger charge is 2.22. The molecule has 88 valence electrons. The van der Waals surface area contributed by atoms with Crippen molar-refractivity contribution in [2.75, 3.05) is 13.7 Å². The number of methoxy groups -OCH3 is 1. The third kappa shape index (κ3) is 2.73.